The van der Waals surface area contributed by atoms with Gasteiger partial charge in [-0.25, -0.2) is 0 Å². The molecule has 2 N–H and O–H groups in total. The van der Waals surface area contributed by atoms with Gasteiger partial charge in [-0.1, -0.05) is 13.3 Å². The number of nitrogens with zero attached hydrogens (tertiary/aromatic N) is 3. The molecule has 1 saturated carbocycles. The molecule has 4 nitrogen and oxygen atoms in total. The van der Waals surface area contributed by atoms with Crippen LogP contribution in [0, 0.1) is 5.92 Å². The van der Waals surface area contributed by atoms with E-state index in [9.17, 15) is 0 Å². The number of hydrogen-bond acceptors (Lipinski definition) is 3. The van der Waals surface area contributed by atoms with E-state index in [-0.39, 0.29) is 0 Å². The summed E-state index contributed by atoms with van der Waals surface area (Å²) >= 11 is 0. The van der Waals surface area contributed by atoms with Crippen LogP contribution in [0.2, 0.25) is 0 Å². The van der Waals surface area contributed by atoms with Crippen LogP contribution in [0.25, 0.3) is 0 Å². The smallest absolute Gasteiger partial charge is 0.137 e. The zero-order chi connectivity index (χ0) is 11.1. The van der Waals surface area contributed by atoms with Crippen molar-refractivity contribution in [1.82, 2.24) is 14.8 Å². The lowest BCUT2D eigenvalue weighted by atomic mass is 9.98. The molecular formula is C12H20N4. The summed E-state index contributed by atoms with van der Waals surface area (Å²) in [5.74, 6) is 3.54. The Hall–Kier alpha value is -0.900. The van der Waals surface area contributed by atoms with Gasteiger partial charge in [-0.2, -0.15) is 0 Å². The minimum absolute atomic E-state index is 0.299. The Labute approximate surface area is 96.2 Å². The highest BCUT2D eigenvalue weighted by Crippen LogP contribution is 2.34. The van der Waals surface area contributed by atoms with E-state index in [0.717, 1.165) is 31.1 Å². The molecule has 0 radical (unpaired) electrons. The first-order chi connectivity index (χ1) is 7.75. The summed E-state index contributed by atoms with van der Waals surface area (Å²) in [6.45, 7) is 3.38. The minimum atomic E-state index is 0.299. The van der Waals surface area contributed by atoms with Gasteiger partial charge >= 0.3 is 0 Å². The maximum Gasteiger partial charge on any atom is 0.137 e. The molecule has 2 aliphatic rings. The summed E-state index contributed by atoms with van der Waals surface area (Å²) in [6, 6.07) is 0.299. The molecule has 1 fully saturated rings. The monoisotopic (exact) mass is 220 g/mol. The van der Waals surface area contributed by atoms with Gasteiger partial charge < -0.3 is 10.3 Å². The fourth-order valence-corrected chi connectivity index (χ4v) is 3.09. The SMILES string of the molecule is CC1CCn2c(nnc2C2CCCC2N)C1. The largest absolute Gasteiger partial charge is 0.327 e. The Morgan fingerprint density at radius 1 is 1.25 bits per heavy atom. The molecule has 0 aromatic carbocycles. The van der Waals surface area contributed by atoms with Crippen LogP contribution in [0.1, 0.15) is 50.2 Å². The van der Waals surface area contributed by atoms with Crippen molar-refractivity contribution in [3.8, 4) is 0 Å². The molecule has 88 valence electrons. The summed E-state index contributed by atoms with van der Waals surface area (Å²) in [5, 5.41) is 8.74. The molecule has 3 rings (SSSR count). The molecule has 0 saturated heterocycles. The molecule has 3 atom stereocenters. The third-order valence-corrected chi connectivity index (χ3v) is 4.13. The van der Waals surface area contributed by atoms with E-state index in [0.29, 0.717) is 12.0 Å². The van der Waals surface area contributed by atoms with Crippen LogP contribution in [0.15, 0.2) is 0 Å². The Kier molecular flexibility index (Phi) is 2.46. The van der Waals surface area contributed by atoms with Crippen molar-refractivity contribution in [3.05, 3.63) is 11.6 Å². The third-order valence-electron chi connectivity index (χ3n) is 4.13. The van der Waals surface area contributed by atoms with E-state index >= 15 is 0 Å². The second-order valence-corrected chi connectivity index (χ2v) is 5.43. The van der Waals surface area contributed by atoms with Crippen molar-refractivity contribution in [1.29, 1.82) is 0 Å². The molecule has 1 aromatic rings. The Balaban J connectivity index is 1.91. The average Bonchev–Trinajstić information content (AvgIpc) is 2.83. The molecule has 0 amide bonds. The zero-order valence-corrected chi connectivity index (χ0v) is 9.89. The van der Waals surface area contributed by atoms with Crippen molar-refractivity contribution < 1.29 is 0 Å². The Morgan fingerprint density at radius 3 is 2.88 bits per heavy atom. The molecule has 3 unspecified atom stereocenters. The lowest BCUT2D eigenvalue weighted by Crippen LogP contribution is -2.27. The first-order valence-electron chi connectivity index (χ1n) is 6.43. The van der Waals surface area contributed by atoms with Gasteiger partial charge in [0.05, 0.1) is 0 Å². The van der Waals surface area contributed by atoms with Crippen LogP contribution < -0.4 is 5.73 Å². The van der Waals surface area contributed by atoms with Crippen LogP contribution in [-0.4, -0.2) is 20.8 Å². The van der Waals surface area contributed by atoms with Crippen molar-refractivity contribution >= 4 is 0 Å². The van der Waals surface area contributed by atoms with E-state index in [1.807, 2.05) is 0 Å². The molecule has 2 heterocycles. The maximum atomic E-state index is 6.15. The molecule has 4 heteroatoms. The van der Waals surface area contributed by atoms with E-state index in [1.165, 1.54) is 25.1 Å². The van der Waals surface area contributed by atoms with Gasteiger partial charge in [0.1, 0.15) is 11.6 Å². The van der Waals surface area contributed by atoms with Crippen LogP contribution in [-0.2, 0) is 13.0 Å². The predicted molar refractivity (Wildman–Crippen MR) is 62.1 cm³/mol. The number of fused-ring (bicyclic) bond motifs is 1. The number of aromatic nitrogens is 3. The first-order valence-corrected chi connectivity index (χ1v) is 6.43. The predicted octanol–water partition coefficient (Wildman–Crippen LogP) is 1.46. The second-order valence-electron chi connectivity index (χ2n) is 5.43. The van der Waals surface area contributed by atoms with Crippen LogP contribution in [0.4, 0.5) is 0 Å². The van der Waals surface area contributed by atoms with E-state index in [2.05, 4.69) is 21.7 Å². The molecule has 1 aliphatic heterocycles. The lowest BCUT2D eigenvalue weighted by Gasteiger charge is -2.23. The molecule has 16 heavy (non-hydrogen) atoms. The third kappa shape index (κ3) is 1.56. The summed E-state index contributed by atoms with van der Waals surface area (Å²) in [6.07, 6.45) is 5.90. The maximum absolute atomic E-state index is 6.15. The van der Waals surface area contributed by atoms with Crippen molar-refractivity contribution in [3.63, 3.8) is 0 Å². The molecular weight excluding hydrogens is 200 g/mol. The van der Waals surface area contributed by atoms with Crippen molar-refractivity contribution in [2.45, 2.75) is 57.5 Å². The topological polar surface area (TPSA) is 56.7 Å². The number of rotatable bonds is 1. The highest BCUT2D eigenvalue weighted by Gasteiger charge is 2.31. The fraction of sp³-hybridized carbons (Fsp3) is 0.833. The zero-order valence-electron chi connectivity index (χ0n) is 9.89. The highest BCUT2D eigenvalue weighted by atomic mass is 15.3. The Bertz CT molecular complexity index is 384. The first kappa shape index (κ1) is 10.3. The van der Waals surface area contributed by atoms with Crippen molar-refractivity contribution in [2.24, 2.45) is 11.7 Å². The number of nitrogens with two attached hydrogens (primary N) is 1. The van der Waals surface area contributed by atoms with Gasteiger partial charge in [-0.3, -0.25) is 0 Å². The normalized spacial score (nSPS) is 34.0. The van der Waals surface area contributed by atoms with E-state index in [1.54, 1.807) is 0 Å². The van der Waals surface area contributed by atoms with Crippen LogP contribution >= 0.6 is 0 Å². The Morgan fingerprint density at radius 2 is 2.12 bits per heavy atom. The molecule has 0 bridgehead atoms. The lowest BCUT2D eigenvalue weighted by molar-refractivity contribution is 0.393. The van der Waals surface area contributed by atoms with Gasteiger partial charge in [0.25, 0.3) is 0 Å². The molecule has 0 spiro atoms. The summed E-state index contributed by atoms with van der Waals surface area (Å²) in [5.41, 5.74) is 6.15. The standard InChI is InChI=1S/C12H20N4/c1-8-5-6-16-11(7-8)14-15-12(16)9-3-2-4-10(9)13/h8-10H,2-7,13H2,1H3. The van der Waals surface area contributed by atoms with Crippen LogP contribution in [0.5, 0.6) is 0 Å². The van der Waals surface area contributed by atoms with Crippen LogP contribution in [0.3, 0.4) is 0 Å². The van der Waals surface area contributed by atoms with E-state index < -0.39 is 0 Å². The highest BCUT2D eigenvalue weighted by molar-refractivity contribution is 5.09. The molecule has 1 aromatic heterocycles. The van der Waals surface area contributed by atoms with Gasteiger partial charge in [-0.05, 0) is 25.2 Å². The van der Waals surface area contributed by atoms with Gasteiger partial charge in [0.15, 0.2) is 0 Å². The fourth-order valence-electron chi connectivity index (χ4n) is 3.09. The summed E-state index contributed by atoms with van der Waals surface area (Å²) < 4.78 is 2.33. The van der Waals surface area contributed by atoms with Crippen molar-refractivity contribution in [2.75, 3.05) is 0 Å². The van der Waals surface area contributed by atoms with E-state index in [4.69, 9.17) is 5.73 Å². The number of hydrogen-bond donors (Lipinski definition) is 1. The minimum Gasteiger partial charge on any atom is -0.327 e. The van der Waals surface area contributed by atoms with Gasteiger partial charge in [-0.15, -0.1) is 10.2 Å². The summed E-state index contributed by atoms with van der Waals surface area (Å²) in [7, 11) is 0. The average molecular weight is 220 g/mol. The van der Waals surface area contributed by atoms with Gasteiger partial charge in [0.2, 0.25) is 0 Å². The molecule has 1 aliphatic carbocycles. The summed E-state index contributed by atoms with van der Waals surface area (Å²) in [4.78, 5) is 0. The second kappa shape index (κ2) is 3.84. The quantitative estimate of drug-likeness (QED) is 0.779. The van der Waals surface area contributed by atoms with Gasteiger partial charge in [0, 0.05) is 24.9 Å².